The molecule has 1 N–H and O–H groups in total. The van der Waals surface area contributed by atoms with E-state index in [0.717, 1.165) is 10.4 Å². The van der Waals surface area contributed by atoms with E-state index in [2.05, 4.69) is 41.5 Å². The van der Waals surface area contributed by atoms with Gasteiger partial charge < -0.3 is 0 Å². The molecule has 0 saturated heterocycles. The average molecular weight is 487 g/mol. The standard InChI is InChI=1S/C13H25O.3C4H9.Sn/c1-13(2,3)10-9-12(14)11-7-5-4-6-8-11;3*1-3-4-2;/h10-12,14H,4-9H2,1-3H3;3*1,3-4H2,2H3;/t12-;;;;/m1..../s1. The number of hydrogen-bond donors (Lipinski definition) is 1. The second kappa shape index (κ2) is 13.1. The van der Waals surface area contributed by atoms with Crippen molar-refractivity contribution in [2.75, 3.05) is 0 Å². The molecule has 162 valence electrons. The zero-order valence-electron chi connectivity index (χ0n) is 19.8. The minimum absolute atomic E-state index is 0.0320. The number of aliphatic hydroxyl groups excluding tert-OH is 1. The number of rotatable bonds is 13. The Labute approximate surface area is 176 Å². The summed E-state index contributed by atoms with van der Waals surface area (Å²) >= 11 is -2.35. The van der Waals surface area contributed by atoms with Gasteiger partial charge >= 0.3 is 177 Å². The first-order valence-electron chi connectivity index (χ1n) is 12.5. The molecule has 1 nitrogen and oxygen atoms in total. The quantitative estimate of drug-likeness (QED) is 0.258. The average Bonchev–Trinajstić information content (AvgIpc) is 2.66. The summed E-state index contributed by atoms with van der Waals surface area (Å²) in [5, 5.41) is 11.3. The Kier molecular flexibility index (Phi) is 12.6. The third kappa shape index (κ3) is 8.57. The van der Waals surface area contributed by atoms with E-state index in [9.17, 15) is 5.11 Å². The van der Waals surface area contributed by atoms with Crippen molar-refractivity contribution in [1.82, 2.24) is 0 Å². The molecule has 0 radical (unpaired) electrons. The van der Waals surface area contributed by atoms with Crippen molar-refractivity contribution in [3.63, 3.8) is 0 Å². The van der Waals surface area contributed by atoms with Crippen LogP contribution in [0.4, 0.5) is 0 Å². The first-order chi connectivity index (χ1) is 12.8. The summed E-state index contributed by atoms with van der Waals surface area (Å²) in [7, 11) is 0. The van der Waals surface area contributed by atoms with Crippen LogP contribution in [0.5, 0.6) is 0 Å². The molecule has 0 unspecified atom stereocenters. The van der Waals surface area contributed by atoms with Gasteiger partial charge in [-0.25, -0.2) is 0 Å². The number of aliphatic hydroxyl groups is 1. The molecule has 1 saturated carbocycles. The van der Waals surface area contributed by atoms with Gasteiger partial charge in [0, 0.05) is 0 Å². The zero-order valence-corrected chi connectivity index (χ0v) is 22.6. The van der Waals surface area contributed by atoms with Gasteiger partial charge in [0.15, 0.2) is 0 Å². The first kappa shape index (κ1) is 25.8. The van der Waals surface area contributed by atoms with Crippen LogP contribution in [0.25, 0.3) is 0 Å². The molecule has 0 aliphatic heterocycles. The molecule has 0 spiro atoms. The van der Waals surface area contributed by atoms with Crippen LogP contribution in [0, 0.1) is 11.3 Å². The Morgan fingerprint density at radius 1 is 0.815 bits per heavy atom. The molecule has 27 heavy (non-hydrogen) atoms. The fraction of sp³-hybridized carbons (Fsp3) is 1.00. The predicted molar refractivity (Wildman–Crippen MR) is 125 cm³/mol. The van der Waals surface area contributed by atoms with Gasteiger partial charge in [-0.3, -0.25) is 0 Å². The van der Waals surface area contributed by atoms with Crippen LogP contribution in [-0.4, -0.2) is 29.6 Å². The second-order valence-corrected chi connectivity index (χ2v) is 24.8. The van der Waals surface area contributed by atoms with Crippen LogP contribution in [0.1, 0.15) is 119 Å². The van der Waals surface area contributed by atoms with Crippen molar-refractivity contribution >= 4 is 18.4 Å². The van der Waals surface area contributed by atoms with Gasteiger partial charge in [-0.05, 0) is 0 Å². The Morgan fingerprint density at radius 2 is 1.26 bits per heavy atom. The maximum absolute atomic E-state index is 11.3. The summed E-state index contributed by atoms with van der Waals surface area (Å²) in [4.78, 5) is 0. The summed E-state index contributed by atoms with van der Waals surface area (Å²) in [6.45, 7) is 14.6. The Bertz CT molecular complexity index is 345. The molecule has 0 amide bonds. The molecule has 0 aromatic heterocycles. The molecule has 1 aliphatic rings. The van der Waals surface area contributed by atoms with E-state index in [1.54, 1.807) is 13.3 Å². The van der Waals surface area contributed by atoms with Gasteiger partial charge in [0.05, 0.1) is 0 Å². The Hall–Kier alpha value is 0.759. The summed E-state index contributed by atoms with van der Waals surface area (Å²) in [6, 6.07) is 0. The fourth-order valence-electron chi connectivity index (χ4n) is 5.96. The number of hydrogen-bond acceptors (Lipinski definition) is 1. The summed E-state index contributed by atoms with van der Waals surface area (Å²) < 4.78 is 5.56. The molecule has 2 heteroatoms. The monoisotopic (exact) mass is 488 g/mol. The maximum atomic E-state index is 11.3. The van der Waals surface area contributed by atoms with Gasteiger partial charge in [-0.15, -0.1) is 0 Å². The molecule has 0 aromatic rings. The molecule has 2 atom stereocenters. The third-order valence-corrected chi connectivity index (χ3v) is 26.5. The fourth-order valence-corrected chi connectivity index (χ4v) is 27.5. The summed E-state index contributed by atoms with van der Waals surface area (Å²) in [5.74, 6) is 0.594. The van der Waals surface area contributed by atoms with E-state index < -0.39 is 18.4 Å². The van der Waals surface area contributed by atoms with Crippen LogP contribution in [-0.2, 0) is 0 Å². The van der Waals surface area contributed by atoms with E-state index in [-0.39, 0.29) is 6.10 Å². The van der Waals surface area contributed by atoms with Crippen molar-refractivity contribution in [1.29, 1.82) is 0 Å². The molecule has 0 heterocycles. The zero-order chi connectivity index (χ0) is 20.3. The van der Waals surface area contributed by atoms with E-state index in [4.69, 9.17) is 0 Å². The molecular weight excluding hydrogens is 435 g/mol. The van der Waals surface area contributed by atoms with Crippen LogP contribution < -0.4 is 0 Å². The molecular formula is C25H52OSn. The minimum atomic E-state index is -2.35. The number of unbranched alkanes of at least 4 members (excludes halogenated alkanes) is 3. The molecule has 1 fully saturated rings. The van der Waals surface area contributed by atoms with Gasteiger partial charge in [0.1, 0.15) is 0 Å². The Balaban J connectivity index is 3.10. The second-order valence-electron chi connectivity index (χ2n) is 10.8. The molecule has 0 bridgehead atoms. The third-order valence-electron chi connectivity index (χ3n) is 7.54. The summed E-state index contributed by atoms with van der Waals surface area (Å²) in [6.07, 6.45) is 16.1. The van der Waals surface area contributed by atoms with E-state index in [0.29, 0.717) is 11.3 Å². The normalized spacial score (nSPS) is 19.2. The van der Waals surface area contributed by atoms with Crippen LogP contribution >= 0.6 is 0 Å². The van der Waals surface area contributed by atoms with E-state index >= 15 is 0 Å². The predicted octanol–water partition coefficient (Wildman–Crippen LogP) is 8.58. The Morgan fingerprint density at radius 3 is 1.63 bits per heavy atom. The van der Waals surface area contributed by atoms with Gasteiger partial charge in [0.25, 0.3) is 0 Å². The van der Waals surface area contributed by atoms with Crippen molar-refractivity contribution in [3.8, 4) is 0 Å². The van der Waals surface area contributed by atoms with Gasteiger partial charge in [-0.2, -0.15) is 0 Å². The SMILES string of the molecule is CCC[CH2][Sn]([CH2]CCC)([CH2]CCC)[C@@H](C[C@@H](O)C1CCCCC1)C(C)(C)C. The molecule has 1 aliphatic carbocycles. The molecule has 0 aromatic carbocycles. The van der Waals surface area contributed by atoms with Crippen molar-refractivity contribution < 1.29 is 5.11 Å². The van der Waals surface area contributed by atoms with Gasteiger partial charge in [-0.1, -0.05) is 0 Å². The summed E-state index contributed by atoms with van der Waals surface area (Å²) in [5.41, 5.74) is 0.362. The first-order valence-corrected chi connectivity index (χ1v) is 20.2. The van der Waals surface area contributed by atoms with Crippen molar-refractivity contribution in [2.24, 2.45) is 11.3 Å². The van der Waals surface area contributed by atoms with Gasteiger partial charge in [0.2, 0.25) is 0 Å². The van der Waals surface area contributed by atoms with Crippen molar-refractivity contribution in [3.05, 3.63) is 0 Å². The topological polar surface area (TPSA) is 20.2 Å². The van der Waals surface area contributed by atoms with Crippen LogP contribution in [0.3, 0.4) is 0 Å². The van der Waals surface area contributed by atoms with Crippen LogP contribution in [0.15, 0.2) is 0 Å². The molecule has 1 rings (SSSR count). The van der Waals surface area contributed by atoms with E-state index in [1.165, 1.54) is 70.6 Å². The van der Waals surface area contributed by atoms with Crippen LogP contribution in [0.2, 0.25) is 17.2 Å². The van der Waals surface area contributed by atoms with E-state index in [1.807, 2.05) is 0 Å². The van der Waals surface area contributed by atoms with Crippen molar-refractivity contribution in [2.45, 2.75) is 142 Å².